The molecule has 0 unspecified atom stereocenters. The van der Waals surface area contributed by atoms with Gasteiger partial charge in [-0.15, -0.1) is 0 Å². The average Bonchev–Trinajstić information content (AvgIpc) is 1.99. The Bertz CT molecular complexity index is 338. The molecule has 1 aromatic rings. The summed E-state index contributed by atoms with van der Waals surface area (Å²) in [6.45, 7) is 0. The first-order valence-corrected chi connectivity index (χ1v) is 4.64. The van der Waals surface area contributed by atoms with Crippen molar-refractivity contribution in [3.63, 3.8) is 0 Å². The zero-order valence-electron chi connectivity index (χ0n) is 5.92. The number of hydrogen-bond acceptors (Lipinski definition) is 0. The van der Waals surface area contributed by atoms with Gasteiger partial charge in [0.05, 0.1) is 4.47 Å². The third-order valence-corrected chi connectivity index (χ3v) is 2.80. The number of halogens is 6. The highest BCUT2D eigenvalue weighted by molar-refractivity contribution is 9.11. The summed E-state index contributed by atoms with van der Waals surface area (Å²) in [7, 11) is 0. The molecule has 0 radical (unpaired) electrons. The fraction of sp³-hybridized carbons (Fsp3) is 0.143. The Balaban J connectivity index is 3.44. The van der Waals surface area contributed by atoms with Crippen LogP contribution in [0.25, 0.3) is 0 Å². The normalized spacial score (nSPS) is 11.0. The van der Waals surface area contributed by atoms with Crippen molar-refractivity contribution in [2.45, 2.75) is 6.43 Å². The molecule has 0 saturated heterocycles. The fourth-order valence-corrected chi connectivity index (χ4v) is 2.19. The quantitative estimate of drug-likeness (QED) is 0.408. The fourth-order valence-electron chi connectivity index (χ4n) is 0.780. The van der Waals surface area contributed by atoms with E-state index in [2.05, 4.69) is 31.9 Å². The van der Waals surface area contributed by atoms with Gasteiger partial charge in [-0.3, -0.25) is 0 Å². The van der Waals surface area contributed by atoms with E-state index in [0.29, 0.717) is 6.07 Å². The van der Waals surface area contributed by atoms with E-state index >= 15 is 0 Å². The van der Waals surface area contributed by atoms with Crippen LogP contribution in [-0.4, -0.2) is 0 Å². The van der Waals surface area contributed by atoms with Crippen LogP contribution in [0.2, 0.25) is 0 Å². The third kappa shape index (κ3) is 2.04. The highest BCUT2D eigenvalue weighted by Crippen LogP contribution is 2.36. The Hall–Kier alpha value is -0.100. The Morgan fingerprint density at radius 1 is 1.15 bits per heavy atom. The summed E-state index contributed by atoms with van der Waals surface area (Å²) in [5, 5.41) is 0. The van der Waals surface area contributed by atoms with Gasteiger partial charge in [0.25, 0.3) is 6.43 Å². The van der Waals surface area contributed by atoms with E-state index in [0.717, 1.165) is 0 Å². The van der Waals surface area contributed by atoms with E-state index in [1.807, 2.05) is 0 Å². The summed E-state index contributed by atoms with van der Waals surface area (Å²) in [5.74, 6) is -2.48. The van der Waals surface area contributed by atoms with Gasteiger partial charge in [0.2, 0.25) is 0 Å². The molecule has 6 heteroatoms. The second-order valence-corrected chi connectivity index (χ2v) is 3.83. The molecule has 72 valence electrons. The Morgan fingerprint density at radius 3 is 2.15 bits per heavy atom. The number of alkyl halides is 2. The molecule has 0 aliphatic rings. The van der Waals surface area contributed by atoms with Crippen LogP contribution >= 0.6 is 31.9 Å². The summed E-state index contributed by atoms with van der Waals surface area (Å²) < 4.78 is 49.2. The van der Waals surface area contributed by atoms with Crippen molar-refractivity contribution in [1.82, 2.24) is 0 Å². The highest BCUT2D eigenvalue weighted by Gasteiger charge is 2.21. The first kappa shape index (κ1) is 11.0. The Kier molecular flexibility index (Phi) is 3.34. The van der Waals surface area contributed by atoms with Gasteiger partial charge >= 0.3 is 0 Å². The summed E-state index contributed by atoms with van der Waals surface area (Å²) in [6, 6.07) is 0.668. The maximum atomic E-state index is 12.8. The van der Waals surface area contributed by atoms with Crippen LogP contribution < -0.4 is 0 Å². The molecule has 0 aromatic heterocycles. The van der Waals surface area contributed by atoms with Gasteiger partial charge < -0.3 is 0 Å². The highest BCUT2D eigenvalue weighted by atomic mass is 79.9. The van der Waals surface area contributed by atoms with Gasteiger partial charge in [0, 0.05) is 10.0 Å². The Morgan fingerprint density at radius 2 is 1.69 bits per heavy atom. The van der Waals surface area contributed by atoms with E-state index in [1.165, 1.54) is 0 Å². The van der Waals surface area contributed by atoms with Crippen molar-refractivity contribution < 1.29 is 17.6 Å². The molecule has 13 heavy (non-hydrogen) atoms. The molecule has 0 heterocycles. The molecule has 0 spiro atoms. The van der Waals surface area contributed by atoms with Crippen molar-refractivity contribution in [2.75, 3.05) is 0 Å². The SMILES string of the molecule is Fc1cc(Br)c(C(F)F)c(Br)c1F. The van der Waals surface area contributed by atoms with Crippen molar-refractivity contribution in [3.8, 4) is 0 Å². The lowest BCUT2D eigenvalue weighted by Crippen LogP contribution is -1.95. The summed E-state index contributed by atoms with van der Waals surface area (Å²) in [4.78, 5) is 0. The van der Waals surface area contributed by atoms with Crippen LogP contribution in [-0.2, 0) is 0 Å². The predicted molar refractivity (Wildman–Crippen MR) is 46.7 cm³/mol. The zero-order valence-corrected chi connectivity index (χ0v) is 9.09. The summed E-state index contributed by atoms with van der Waals surface area (Å²) >= 11 is 5.27. The maximum Gasteiger partial charge on any atom is 0.266 e. The maximum absolute atomic E-state index is 12.8. The van der Waals surface area contributed by atoms with Crippen molar-refractivity contribution in [3.05, 3.63) is 32.2 Å². The minimum atomic E-state index is -2.86. The predicted octanol–water partition coefficient (Wildman–Crippen LogP) is 4.43. The first-order chi connectivity index (χ1) is 5.95. The lowest BCUT2D eigenvalue weighted by Gasteiger charge is -2.07. The molecule has 0 nitrogen and oxygen atoms in total. The number of rotatable bonds is 1. The number of hydrogen-bond donors (Lipinski definition) is 0. The molecule has 0 aliphatic heterocycles. The lowest BCUT2D eigenvalue weighted by molar-refractivity contribution is 0.149. The lowest BCUT2D eigenvalue weighted by atomic mass is 10.2. The van der Waals surface area contributed by atoms with Crippen LogP contribution in [0.1, 0.15) is 12.0 Å². The molecule has 0 fully saturated rings. The van der Waals surface area contributed by atoms with Crippen LogP contribution in [0.4, 0.5) is 17.6 Å². The molecule has 0 N–H and O–H groups in total. The molecule has 0 saturated carbocycles. The number of benzene rings is 1. The molecule has 0 amide bonds. The van der Waals surface area contributed by atoms with Gasteiger partial charge in [0.1, 0.15) is 0 Å². The van der Waals surface area contributed by atoms with E-state index in [-0.39, 0.29) is 4.47 Å². The van der Waals surface area contributed by atoms with Crippen LogP contribution in [0.5, 0.6) is 0 Å². The monoisotopic (exact) mass is 320 g/mol. The second kappa shape index (κ2) is 3.96. The van der Waals surface area contributed by atoms with E-state index in [9.17, 15) is 17.6 Å². The molecule has 0 atom stereocenters. The molecule has 0 aliphatic carbocycles. The average molecular weight is 322 g/mol. The topological polar surface area (TPSA) is 0 Å². The minimum Gasteiger partial charge on any atom is -0.205 e. The standard InChI is InChI=1S/C7H2Br2F4/c8-2-1-3(10)6(11)5(9)4(2)7(12)13/h1,7H. The van der Waals surface area contributed by atoms with Crippen LogP contribution in [0, 0.1) is 11.6 Å². The molecule has 0 bridgehead atoms. The minimum absolute atomic E-state index is 0.159. The third-order valence-electron chi connectivity index (χ3n) is 1.37. The molecular formula is C7H2Br2F4. The van der Waals surface area contributed by atoms with Crippen molar-refractivity contribution >= 4 is 31.9 Å². The Labute approximate surface area is 88.2 Å². The smallest absolute Gasteiger partial charge is 0.205 e. The van der Waals surface area contributed by atoms with Gasteiger partial charge in [-0.05, 0) is 22.0 Å². The van der Waals surface area contributed by atoms with Crippen LogP contribution in [0.3, 0.4) is 0 Å². The van der Waals surface area contributed by atoms with E-state index in [4.69, 9.17) is 0 Å². The summed E-state index contributed by atoms with van der Waals surface area (Å²) in [6.07, 6.45) is -2.86. The van der Waals surface area contributed by atoms with E-state index in [1.54, 1.807) is 0 Å². The van der Waals surface area contributed by atoms with Gasteiger partial charge in [-0.25, -0.2) is 17.6 Å². The van der Waals surface area contributed by atoms with Crippen LogP contribution in [0.15, 0.2) is 15.0 Å². The molecule has 1 rings (SSSR count). The largest absolute Gasteiger partial charge is 0.266 e. The summed E-state index contributed by atoms with van der Waals surface area (Å²) in [5.41, 5.74) is -0.584. The zero-order chi connectivity index (χ0) is 10.2. The van der Waals surface area contributed by atoms with E-state index < -0.39 is 28.1 Å². The van der Waals surface area contributed by atoms with Crippen molar-refractivity contribution in [1.29, 1.82) is 0 Å². The van der Waals surface area contributed by atoms with Gasteiger partial charge in [0.15, 0.2) is 11.6 Å². The first-order valence-electron chi connectivity index (χ1n) is 3.06. The van der Waals surface area contributed by atoms with Gasteiger partial charge in [-0.2, -0.15) is 0 Å². The molecular weight excluding hydrogens is 320 g/mol. The second-order valence-electron chi connectivity index (χ2n) is 2.18. The van der Waals surface area contributed by atoms with Gasteiger partial charge in [-0.1, -0.05) is 15.9 Å². The van der Waals surface area contributed by atoms with Crippen molar-refractivity contribution in [2.24, 2.45) is 0 Å². The molecule has 1 aromatic carbocycles.